The van der Waals surface area contributed by atoms with Crippen molar-refractivity contribution in [3.05, 3.63) is 42.7 Å². The molecule has 4 nitrogen and oxygen atoms in total. The van der Waals surface area contributed by atoms with Gasteiger partial charge in [-0.3, -0.25) is 4.79 Å². The van der Waals surface area contributed by atoms with Gasteiger partial charge < -0.3 is 5.32 Å². The van der Waals surface area contributed by atoms with Crippen molar-refractivity contribution in [3.8, 4) is 5.69 Å². The second kappa shape index (κ2) is 4.54. The Morgan fingerprint density at radius 1 is 1.37 bits per heavy atom. The number of amides is 1. The van der Waals surface area contributed by atoms with Gasteiger partial charge in [0.25, 0.3) is 0 Å². The number of benzene rings is 1. The van der Waals surface area contributed by atoms with Gasteiger partial charge in [0.15, 0.2) is 0 Å². The van der Waals surface area contributed by atoms with Crippen molar-refractivity contribution >= 4 is 34.8 Å². The third kappa shape index (κ3) is 2.60. The molecule has 0 bridgehead atoms. The molecule has 0 saturated heterocycles. The Balaban J connectivity index is 1.68. The van der Waals surface area contributed by atoms with E-state index in [1.54, 1.807) is 10.9 Å². The zero-order chi connectivity index (χ0) is 13.5. The predicted molar refractivity (Wildman–Crippen MR) is 74.7 cm³/mol. The Morgan fingerprint density at radius 2 is 2.05 bits per heavy atom. The Labute approximate surface area is 120 Å². The Kier molecular flexibility index (Phi) is 2.99. The van der Waals surface area contributed by atoms with Gasteiger partial charge in [-0.1, -0.05) is 0 Å². The van der Waals surface area contributed by atoms with Crippen molar-refractivity contribution in [2.45, 2.75) is 10.8 Å². The van der Waals surface area contributed by atoms with Crippen LogP contribution in [0.25, 0.3) is 5.69 Å². The summed E-state index contributed by atoms with van der Waals surface area (Å²) in [5, 5.41) is 6.92. The van der Waals surface area contributed by atoms with E-state index < -0.39 is 4.33 Å². The third-order valence-electron chi connectivity index (χ3n) is 3.05. The molecule has 1 aliphatic carbocycles. The average Bonchev–Trinajstić information content (AvgIpc) is 2.81. The van der Waals surface area contributed by atoms with E-state index in [1.165, 1.54) is 0 Å². The van der Waals surface area contributed by atoms with Crippen LogP contribution in [0.1, 0.15) is 6.42 Å². The molecule has 1 aliphatic rings. The summed E-state index contributed by atoms with van der Waals surface area (Å²) >= 11 is 11.7. The molecule has 1 unspecified atom stereocenters. The van der Waals surface area contributed by atoms with Crippen molar-refractivity contribution in [2.75, 3.05) is 5.32 Å². The molecule has 1 aromatic carbocycles. The number of nitrogens with one attached hydrogen (secondary N) is 1. The van der Waals surface area contributed by atoms with Gasteiger partial charge in [-0.2, -0.15) is 5.10 Å². The zero-order valence-electron chi connectivity index (χ0n) is 9.88. The topological polar surface area (TPSA) is 46.9 Å². The molecule has 0 spiro atoms. The first-order valence-corrected chi connectivity index (χ1v) is 6.61. The van der Waals surface area contributed by atoms with Gasteiger partial charge >= 0.3 is 0 Å². The van der Waals surface area contributed by atoms with E-state index in [2.05, 4.69) is 10.4 Å². The molecular formula is C13H11Cl2N3O. The number of alkyl halides is 2. The summed E-state index contributed by atoms with van der Waals surface area (Å²) in [4.78, 5) is 11.8. The number of hydrogen-bond acceptors (Lipinski definition) is 2. The number of carbonyl (C=O) groups excluding carboxylic acids is 1. The monoisotopic (exact) mass is 295 g/mol. The molecule has 1 fully saturated rings. The molecule has 0 aliphatic heterocycles. The van der Waals surface area contributed by atoms with E-state index in [-0.39, 0.29) is 11.8 Å². The second-order valence-electron chi connectivity index (χ2n) is 4.50. The van der Waals surface area contributed by atoms with Gasteiger partial charge in [-0.25, -0.2) is 4.68 Å². The predicted octanol–water partition coefficient (Wildman–Crippen LogP) is 3.00. The fraction of sp³-hybridized carbons (Fsp3) is 0.231. The van der Waals surface area contributed by atoms with Crippen LogP contribution in [-0.2, 0) is 4.79 Å². The van der Waals surface area contributed by atoms with Crippen LogP contribution in [0, 0.1) is 5.92 Å². The van der Waals surface area contributed by atoms with Crippen LogP contribution in [0.5, 0.6) is 0 Å². The minimum absolute atomic E-state index is 0.142. The largest absolute Gasteiger partial charge is 0.326 e. The molecule has 0 radical (unpaired) electrons. The summed E-state index contributed by atoms with van der Waals surface area (Å²) < 4.78 is 0.855. The normalized spacial score (nSPS) is 20.0. The van der Waals surface area contributed by atoms with Crippen molar-refractivity contribution in [1.82, 2.24) is 9.78 Å². The fourth-order valence-electron chi connectivity index (χ4n) is 1.85. The lowest BCUT2D eigenvalue weighted by Crippen LogP contribution is -2.16. The molecule has 1 atom stereocenters. The summed E-state index contributed by atoms with van der Waals surface area (Å²) in [6, 6.07) is 9.25. The number of rotatable bonds is 3. The van der Waals surface area contributed by atoms with Gasteiger partial charge in [-0.05, 0) is 36.8 Å². The minimum atomic E-state index is -0.890. The molecule has 2 aromatic rings. The molecule has 1 aromatic heterocycles. The second-order valence-corrected chi connectivity index (χ2v) is 6.05. The lowest BCUT2D eigenvalue weighted by molar-refractivity contribution is -0.117. The van der Waals surface area contributed by atoms with Crippen molar-refractivity contribution in [2.24, 2.45) is 5.92 Å². The van der Waals surface area contributed by atoms with Gasteiger partial charge in [0.05, 0.1) is 11.6 Å². The van der Waals surface area contributed by atoms with Crippen LogP contribution in [-0.4, -0.2) is 20.0 Å². The maximum absolute atomic E-state index is 11.8. The van der Waals surface area contributed by atoms with Crippen LogP contribution >= 0.6 is 23.2 Å². The number of carbonyl (C=O) groups is 1. The number of halogens is 2. The lowest BCUT2D eigenvalue weighted by atomic mass is 10.2. The summed E-state index contributed by atoms with van der Waals surface area (Å²) in [5.74, 6) is -0.460. The molecule has 6 heteroatoms. The molecular weight excluding hydrogens is 285 g/mol. The van der Waals surface area contributed by atoms with E-state index in [4.69, 9.17) is 23.2 Å². The Hall–Kier alpha value is -1.52. The smallest absolute Gasteiger partial charge is 0.230 e. The van der Waals surface area contributed by atoms with Crippen LogP contribution in [0.3, 0.4) is 0 Å². The maximum atomic E-state index is 11.8. The summed E-state index contributed by atoms with van der Waals surface area (Å²) in [7, 11) is 0. The molecule has 3 rings (SSSR count). The zero-order valence-corrected chi connectivity index (χ0v) is 11.4. The first-order valence-electron chi connectivity index (χ1n) is 5.85. The van der Waals surface area contributed by atoms with Crippen molar-refractivity contribution in [1.29, 1.82) is 0 Å². The van der Waals surface area contributed by atoms with E-state index in [0.29, 0.717) is 6.42 Å². The quantitative estimate of drug-likeness (QED) is 0.885. The minimum Gasteiger partial charge on any atom is -0.326 e. The molecule has 19 heavy (non-hydrogen) atoms. The molecule has 1 heterocycles. The van der Waals surface area contributed by atoms with E-state index in [0.717, 1.165) is 11.4 Å². The summed E-state index contributed by atoms with van der Waals surface area (Å²) in [5.41, 5.74) is 1.65. The van der Waals surface area contributed by atoms with Crippen molar-refractivity contribution in [3.63, 3.8) is 0 Å². The standard InChI is InChI=1S/C13H11Cl2N3O/c14-13(15)8-11(13)12(19)17-9-2-4-10(5-3-9)18-7-1-6-16-18/h1-7,11H,8H2,(H,17,19). The Bertz CT molecular complexity index is 593. The number of nitrogens with zero attached hydrogens (tertiary/aromatic N) is 2. The SMILES string of the molecule is O=C(Nc1ccc(-n2cccn2)cc1)C1CC1(Cl)Cl. The Morgan fingerprint density at radius 3 is 2.58 bits per heavy atom. The fourth-order valence-corrected chi connectivity index (χ4v) is 2.35. The third-order valence-corrected chi connectivity index (χ3v) is 3.88. The van der Waals surface area contributed by atoms with Crippen LogP contribution in [0.2, 0.25) is 0 Å². The highest BCUT2D eigenvalue weighted by Crippen LogP contribution is 2.53. The molecule has 1 N–H and O–H groups in total. The molecule has 98 valence electrons. The number of hydrogen-bond donors (Lipinski definition) is 1. The van der Waals surface area contributed by atoms with Gasteiger partial charge in [0, 0.05) is 18.1 Å². The van der Waals surface area contributed by atoms with Crippen LogP contribution in [0.4, 0.5) is 5.69 Å². The summed E-state index contributed by atoms with van der Waals surface area (Å²) in [6.45, 7) is 0. The van der Waals surface area contributed by atoms with Gasteiger partial charge in [0.2, 0.25) is 5.91 Å². The maximum Gasteiger partial charge on any atom is 0.230 e. The van der Waals surface area contributed by atoms with Crippen LogP contribution in [0.15, 0.2) is 42.7 Å². The van der Waals surface area contributed by atoms with Crippen LogP contribution < -0.4 is 5.32 Å². The first kappa shape index (κ1) is 12.5. The molecule has 1 amide bonds. The first-order chi connectivity index (χ1) is 9.06. The highest BCUT2D eigenvalue weighted by atomic mass is 35.5. The average molecular weight is 296 g/mol. The molecule has 1 saturated carbocycles. The van der Waals surface area contributed by atoms with Gasteiger partial charge in [-0.15, -0.1) is 23.2 Å². The summed E-state index contributed by atoms with van der Waals surface area (Å²) in [6.07, 6.45) is 4.07. The lowest BCUT2D eigenvalue weighted by Gasteiger charge is -2.06. The van der Waals surface area contributed by atoms with E-state index >= 15 is 0 Å². The highest BCUT2D eigenvalue weighted by Gasteiger charge is 2.56. The number of anilines is 1. The van der Waals surface area contributed by atoms with E-state index in [9.17, 15) is 4.79 Å². The van der Waals surface area contributed by atoms with Crippen molar-refractivity contribution < 1.29 is 4.79 Å². The van der Waals surface area contributed by atoms with Gasteiger partial charge in [0.1, 0.15) is 4.33 Å². The number of aromatic nitrogens is 2. The van der Waals surface area contributed by atoms with E-state index in [1.807, 2.05) is 36.5 Å². The highest BCUT2D eigenvalue weighted by molar-refractivity contribution is 6.52.